The maximum absolute atomic E-state index is 12.0. The molecule has 6 heteroatoms. The van der Waals surface area contributed by atoms with Crippen LogP contribution < -0.4 is 4.74 Å². The van der Waals surface area contributed by atoms with Gasteiger partial charge in [-0.1, -0.05) is 73.8 Å². The molecule has 0 amide bonds. The number of hydrogen-bond donors (Lipinski definition) is 1. The van der Waals surface area contributed by atoms with Gasteiger partial charge in [-0.15, -0.1) is 0 Å². The summed E-state index contributed by atoms with van der Waals surface area (Å²) in [6.07, 6.45) is 0. The van der Waals surface area contributed by atoms with Crippen molar-refractivity contribution in [2.45, 2.75) is 27.1 Å². The van der Waals surface area contributed by atoms with E-state index in [4.69, 9.17) is 14.2 Å². The predicted molar refractivity (Wildman–Crippen MR) is 139 cm³/mol. The largest absolute Gasteiger partial charge is 0.489 e. The second-order valence-electron chi connectivity index (χ2n) is 8.34. The van der Waals surface area contributed by atoms with Crippen LogP contribution in [-0.2, 0) is 32.3 Å². The molecule has 1 N–H and O–H groups in total. The third-order valence-corrected chi connectivity index (χ3v) is 5.39. The Balaban J connectivity index is 1.88. The summed E-state index contributed by atoms with van der Waals surface area (Å²) >= 11 is 0. The van der Waals surface area contributed by atoms with Crippen molar-refractivity contribution in [1.82, 2.24) is 0 Å². The first kappa shape index (κ1) is 26.4. The number of esters is 2. The van der Waals surface area contributed by atoms with Gasteiger partial charge in [0.05, 0.1) is 6.61 Å². The molecule has 3 aromatic carbocycles. The van der Waals surface area contributed by atoms with Crippen molar-refractivity contribution in [3.05, 3.63) is 102 Å². The second-order valence-corrected chi connectivity index (χ2v) is 8.34. The van der Waals surface area contributed by atoms with Gasteiger partial charge >= 0.3 is 11.9 Å². The molecule has 0 radical (unpaired) electrons. The average molecular weight is 487 g/mol. The van der Waals surface area contributed by atoms with Gasteiger partial charge < -0.3 is 19.3 Å². The maximum Gasteiger partial charge on any atom is 0.333 e. The Morgan fingerprint density at radius 3 is 1.89 bits per heavy atom. The molecule has 0 aromatic heterocycles. The van der Waals surface area contributed by atoms with E-state index in [9.17, 15) is 14.7 Å². The van der Waals surface area contributed by atoms with Gasteiger partial charge in [-0.25, -0.2) is 9.59 Å². The van der Waals surface area contributed by atoms with Crippen molar-refractivity contribution in [2.24, 2.45) is 0 Å². The third-order valence-electron chi connectivity index (χ3n) is 5.39. The van der Waals surface area contributed by atoms with Gasteiger partial charge in [-0.2, -0.15) is 0 Å². The van der Waals surface area contributed by atoms with Crippen molar-refractivity contribution in [1.29, 1.82) is 0 Å². The van der Waals surface area contributed by atoms with Crippen LogP contribution >= 0.6 is 0 Å². The van der Waals surface area contributed by atoms with Gasteiger partial charge in [0.1, 0.15) is 25.6 Å². The van der Waals surface area contributed by atoms with Crippen molar-refractivity contribution >= 4 is 11.9 Å². The van der Waals surface area contributed by atoms with Crippen molar-refractivity contribution in [3.8, 4) is 28.0 Å². The van der Waals surface area contributed by atoms with E-state index < -0.39 is 11.9 Å². The Hall–Kier alpha value is -4.16. The number of hydrogen-bond acceptors (Lipinski definition) is 6. The Morgan fingerprint density at radius 1 is 0.750 bits per heavy atom. The van der Waals surface area contributed by atoms with E-state index in [1.54, 1.807) is 13.8 Å². The predicted octanol–water partition coefficient (Wildman–Crippen LogP) is 5.63. The van der Waals surface area contributed by atoms with Crippen LogP contribution in [0.5, 0.6) is 5.75 Å². The summed E-state index contributed by atoms with van der Waals surface area (Å²) in [6.45, 7) is 10.7. The first-order valence-corrected chi connectivity index (χ1v) is 11.5. The van der Waals surface area contributed by atoms with Crippen molar-refractivity contribution < 1.29 is 28.9 Å². The highest BCUT2D eigenvalue weighted by Gasteiger charge is 2.15. The number of aliphatic hydroxyl groups is 1. The van der Waals surface area contributed by atoms with E-state index >= 15 is 0 Å². The maximum atomic E-state index is 12.0. The van der Waals surface area contributed by atoms with Gasteiger partial charge in [0.15, 0.2) is 0 Å². The molecule has 0 aliphatic rings. The van der Waals surface area contributed by atoms with Gasteiger partial charge in [-0.05, 0) is 42.2 Å². The molecule has 0 aliphatic carbocycles. The summed E-state index contributed by atoms with van der Waals surface area (Å²) in [5.41, 5.74) is 5.96. The van der Waals surface area contributed by atoms with E-state index in [1.807, 2.05) is 66.7 Å². The summed E-state index contributed by atoms with van der Waals surface area (Å²) in [7, 11) is 0. The van der Waals surface area contributed by atoms with Gasteiger partial charge in [0.25, 0.3) is 0 Å². The number of rotatable bonds is 11. The smallest absolute Gasteiger partial charge is 0.333 e. The molecule has 0 heterocycles. The lowest BCUT2D eigenvalue weighted by atomic mass is 9.96. The minimum atomic E-state index is -0.472. The highest BCUT2D eigenvalue weighted by Crippen LogP contribution is 2.35. The zero-order chi connectivity index (χ0) is 26.1. The fourth-order valence-electron chi connectivity index (χ4n) is 3.45. The molecule has 3 rings (SSSR count). The quantitative estimate of drug-likeness (QED) is 0.215. The first-order valence-electron chi connectivity index (χ1n) is 11.5. The highest BCUT2D eigenvalue weighted by atomic mass is 16.6. The average Bonchev–Trinajstić information content (AvgIpc) is 2.89. The van der Waals surface area contributed by atoms with Crippen LogP contribution in [-0.4, -0.2) is 30.3 Å². The van der Waals surface area contributed by atoms with Crippen LogP contribution in [0.15, 0.2) is 91.0 Å². The molecule has 0 saturated heterocycles. The highest BCUT2D eigenvalue weighted by molar-refractivity contribution is 5.87. The number of aliphatic hydroxyl groups excluding tert-OH is 1. The number of carbonyl (C=O) groups excluding carboxylic acids is 2. The van der Waals surface area contributed by atoms with Gasteiger partial charge in [-0.3, -0.25) is 0 Å². The lowest BCUT2D eigenvalue weighted by Gasteiger charge is -2.17. The molecular formula is C30H30O6. The van der Waals surface area contributed by atoms with E-state index in [-0.39, 0.29) is 26.4 Å². The second kappa shape index (κ2) is 12.5. The Bertz CT molecular complexity index is 1240. The van der Waals surface area contributed by atoms with Crippen molar-refractivity contribution in [2.75, 3.05) is 13.2 Å². The monoisotopic (exact) mass is 486 g/mol. The number of carbonyl (C=O) groups is 2. The zero-order valence-electron chi connectivity index (χ0n) is 20.6. The van der Waals surface area contributed by atoms with Crippen LogP contribution in [0.25, 0.3) is 22.3 Å². The SMILES string of the molecule is C=C(C)C(=O)OCCOc1cccc(COC(=O)C(=C)C)c1-c1ccc(-c2ccc(CO)cc2)cc1. The summed E-state index contributed by atoms with van der Waals surface area (Å²) in [5, 5.41) is 9.27. The molecule has 0 fully saturated rings. The van der Waals surface area contributed by atoms with Crippen molar-refractivity contribution in [3.63, 3.8) is 0 Å². The lowest BCUT2D eigenvalue weighted by molar-refractivity contribution is -0.140. The van der Waals surface area contributed by atoms with Crippen LogP contribution in [0.2, 0.25) is 0 Å². The topological polar surface area (TPSA) is 82.1 Å². The van der Waals surface area contributed by atoms with Crippen LogP contribution in [0.3, 0.4) is 0 Å². The Labute approximate surface area is 211 Å². The lowest BCUT2D eigenvalue weighted by Crippen LogP contribution is -2.13. The molecule has 0 saturated carbocycles. The number of benzene rings is 3. The van der Waals surface area contributed by atoms with E-state index in [0.717, 1.165) is 33.4 Å². The van der Waals surface area contributed by atoms with Crippen LogP contribution in [0, 0.1) is 0 Å². The minimum absolute atomic E-state index is 0.00112. The molecule has 3 aromatic rings. The fourth-order valence-corrected chi connectivity index (χ4v) is 3.45. The molecule has 0 bridgehead atoms. The fraction of sp³-hybridized carbons (Fsp3) is 0.200. The standard InChI is InChI=1S/C30H30O6/c1-20(2)29(32)35-17-16-34-27-7-5-6-26(19-36-30(33)21(3)4)28(27)25-14-12-24(13-15-25)23-10-8-22(18-31)9-11-23/h5-15,31H,1,3,16-19H2,2,4H3. The molecular weight excluding hydrogens is 456 g/mol. The number of ether oxygens (including phenoxy) is 3. The van der Waals surface area contributed by atoms with Crippen LogP contribution in [0.4, 0.5) is 0 Å². The third kappa shape index (κ3) is 6.93. The molecule has 186 valence electrons. The molecule has 36 heavy (non-hydrogen) atoms. The molecule has 0 atom stereocenters. The molecule has 6 nitrogen and oxygen atoms in total. The summed E-state index contributed by atoms with van der Waals surface area (Å²) < 4.78 is 16.5. The zero-order valence-corrected chi connectivity index (χ0v) is 20.6. The van der Waals surface area contributed by atoms with Gasteiger partial charge in [0, 0.05) is 22.3 Å². The summed E-state index contributed by atoms with van der Waals surface area (Å²) in [4.78, 5) is 23.6. The summed E-state index contributed by atoms with van der Waals surface area (Å²) in [5.74, 6) is -0.368. The molecule has 0 unspecified atom stereocenters. The normalized spacial score (nSPS) is 10.4. The van der Waals surface area contributed by atoms with E-state index in [2.05, 4.69) is 13.2 Å². The van der Waals surface area contributed by atoms with E-state index in [1.165, 1.54) is 0 Å². The molecule has 0 spiro atoms. The van der Waals surface area contributed by atoms with Crippen LogP contribution in [0.1, 0.15) is 25.0 Å². The summed E-state index contributed by atoms with van der Waals surface area (Å²) in [6, 6.07) is 21.2. The van der Waals surface area contributed by atoms with E-state index in [0.29, 0.717) is 16.9 Å². The first-order chi connectivity index (χ1) is 17.3. The molecule has 0 aliphatic heterocycles. The Kier molecular flexibility index (Phi) is 9.19. The van der Waals surface area contributed by atoms with Gasteiger partial charge in [0.2, 0.25) is 0 Å². The Morgan fingerprint density at radius 2 is 1.31 bits per heavy atom. The minimum Gasteiger partial charge on any atom is -0.489 e.